The number of carbonyl (C=O) groups is 1. The molecule has 1 unspecified atom stereocenters. The number of carbonyl (C=O) groups excluding carboxylic acids is 1. The molecule has 0 aromatic heterocycles. The molecule has 5 heteroatoms. The first kappa shape index (κ1) is 13.9. The second-order valence-corrected chi connectivity index (χ2v) is 3.07. The summed E-state index contributed by atoms with van der Waals surface area (Å²) in [7, 11) is 1.58. The normalized spacial score (nSPS) is 11.9. The summed E-state index contributed by atoms with van der Waals surface area (Å²) in [5, 5.41) is 2.72. The second kappa shape index (κ2) is 9.48. The van der Waals surface area contributed by atoms with E-state index in [4.69, 9.17) is 15.2 Å². The lowest BCUT2D eigenvalue weighted by Gasteiger charge is -2.11. The van der Waals surface area contributed by atoms with Crippen molar-refractivity contribution in [2.24, 2.45) is 5.73 Å². The fourth-order valence-corrected chi connectivity index (χ4v) is 0.957. The summed E-state index contributed by atoms with van der Waals surface area (Å²) in [6.45, 7) is 5.02. The van der Waals surface area contributed by atoms with Gasteiger partial charge in [0, 0.05) is 20.3 Å². The summed E-state index contributed by atoms with van der Waals surface area (Å²) in [5.74, 6) is -0.148. The first-order chi connectivity index (χ1) is 7.22. The molecular formula is C10H20N2O3. The van der Waals surface area contributed by atoms with Gasteiger partial charge in [0.05, 0.1) is 18.9 Å². The van der Waals surface area contributed by atoms with Crippen molar-refractivity contribution in [2.45, 2.75) is 18.9 Å². The average Bonchev–Trinajstić information content (AvgIpc) is 2.25. The minimum atomic E-state index is -0.495. The molecule has 0 aromatic carbocycles. The Labute approximate surface area is 90.6 Å². The maximum atomic E-state index is 11.3. The van der Waals surface area contributed by atoms with Gasteiger partial charge >= 0.3 is 0 Å². The van der Waals surface area contributed by atoms with Gasteiger partial charge in [-0.3, -0.25) is 4.79 Å². The van der Waals surface area contributed by atoms with Gasteiger partial charge in [-0.1, -0.05) is 6.58 Å². The van der Waals surface area contributed by atoms with E-state index < -0.39 is 6.04 Å². The predicted molar refractivity (Wildman–Crippen MR) is 58.2 cm³/mol. The molecule has 0 aliphatic carbocycles. The number of amides is 1. The van der Waals surface area contributed by atoms with E-state index in [1.165, 1.54) is 6.26 Å². The summed E-state index contributed by atoms with van der Waals surface area (Å²) < 4.78 is 9.73. The lowest BCUT2D eigenvalue weighted by molar-refractivity contribution is -0.122. The molecule has 88 valence electrons. The molecule has 0 saturated carbocycles. The minimum absolute atomic E-state index is 0.148. The third-order valence-electron chi connectivity index (χ3n) is 1.83. The highest BCUT2D eigenvalue weighted by atomic mass is 16.5. The number of methoxy groups -OCH3 is 1. The van der Waals surface area contributed by atoms with Gasteiger partial charge in [0.2, 0.25) is 5.91 Å². The Hall–Kier alpha value is -1.07. The van der Waals surface area contributed by atoms with E-state index >= 15 is 0 Å². The molecule has 3 N–H and O–H groups in total. The molecule has 15 heavy (non-hydrogen) atoms. The zero-order chi connectivity index (χ0) is 11.5. The Balaban J connectivity index is 3.42. The van der Waals surface area contributed by atoms with Crippen LogP contribution < -0.4 is 11.1 Å². The van der Waals surface area contributed by atoms with Crippen LogP contribution in [0.4, 0.5) is 0 Å². The molecule has 0 saturated heterocycles. The standard InChI is InChI=1S/C10H20N2O3/c1-3-15-7-4-6-12-10(13)9(11)5-8-14-2/h3,9H,1,4-8,11H2,2H3,(H,12,13). The number of nitrogens with two attached hydrogens (primary N) is 1. The van der Waals surface area contributed by atoms with Crippen molar-refractivity contribution >= 4 is 5.91 Å². The van der Waals surface area contributed by atoms with E-state index in [1.54, 1.807) is 7.11 Å². The van der Waals surface area contributed by atoms with Gasteiger partial charge in [-0.05, 0) is 12.8 Å². The predicted octanol–water partition coefficient (Wildman–Crippen LogP) is 0.0166. The van der Waals surface area contributed by atoms with E-state index in [1.807, 2.05) is 0 Å². The van der Waals surface area contributed by atoms with Crippen molar-refractivity contribution in [2.75, 3.05) is 26.9 Å². The summed E-state index contributed by atoms with van der Waals surface area (Å²) >= 11 is 0. The van der Waals surface area contributed by atoms with Crippen LogP contribution in [0.2, 0.25) is 0 Å². The molecule has 1 atom stereocenters. The van der Waals surface area contributed by atoms with Gasteiger partial charge < -0.3 is 20.5 Å². The summed E-state index contributed by atoms with van der Waals surface area (Å²) in [4.78, 5) is 11.3. The molecular weight excluding hydrogens is 196 g/mol. The van der Waals surface area contributed by atoms with Gasteiger partial charge in [0.15, 0.2) is 0 Å². The van der Waals surface area contributed by atoms with Gasteiger partial charge in [0.1, 0.15) is 0 Å². The molecule has 0 radical (unpaired) electrons. The first-order valence-electron chi connectivity index (χ1n) is 4.97. The van der Waals surface area contributed by atoms with E-state index in [2.05, 4.69) is 11.9 Å². The van der Waals surface area contributed by atoms with Crippen molar-refractivity contribution in [3.05, 3.63) is 12.8 Å². The molecule has 1 amide bonds. The third kappa shape index (κ3) is 7.96. The lowest BCUT2D eigenvalue weighted by Crippen LogP contribution is -2.41. The quantitative estimate of drug-likeness (QED) is 0.421. The van der Waals surface area contributed by atoms with E-state index in [9.17, 15) is 4.79 Å². The molecule has 0 aliphatic rings. The topological polar surface area (TPSA) is 73.6 Å². The summed E-state index contributed by atoms with van der Waals surface area (Å²) in [5.41, 5.74) is 5.60. The smallest absolute Gasteiger partial charge is 0.237 e. The van der Waals surface area contributed by atoms with Crippen LogP contribution in [0.5, 0.6) is 0 Å². The molecule has 0 bridgehead atoms. The second-order valence-electron chi connectivity index (χ2n) is 3.07. The molecule has 5 nitrogen and oxygen atoms in total. The number of nitrogens with one attached hydrogen (secondary N) is 1. The van der Waals surface area contributed by atoms with Crippen molar-refractivity contribution in [3.63, 3.8) is 0 Å². The van der Waals surface area contributed by atoms with Crippen LogP contribution in [0.1, 0.15) is 12.8 Å². The molecule has 0 spiro atoms. The molecule has 0 heterocycles. The SMILES string of the molecule is C=COCCCNC(=O)C(N)CCOC. The van der Waals surface area contributed by atoms with Gasteiger partial charge in [-0.15, -0.1) is 0 Å². The third-order valence-corrected chi connectivity index (χ3v) is 1.83. The maximum absolute atomic E-state index is 11.3. The van der Waals surface area contributed by atoms with Crippen LogP contribution in [-0.4, -0.2) is 38.8 Å². The Kier molecular flexibility index (Phi) is 8.81. The molecule has 0 aliphatic heterocycles. The summed E-state index contributed by atoms with van der Waals surface area (Å²) in [6, 6.07) is -0.495. The molecule has 0 aromatic rings. The molecule has 0 rings (SSSR count). The van der Waals surface area contributed by atoms with Crippen LogP contribution >= 0.6 is 0 Å². The number of ether oxygens (including phenoxy) is 2. The Morgan fingerprint density at radius 2 is 2.33 bits per heavy atom. The first-order valence-corrected chi connectivity index (χ1v) is 4.97. The van der Waals surface area contributed by atoms with Crippen LogP contribution in [0, 0.1) is 0 Å². The van der Waals surface area contributed by atoms with Crippen molar-refractivity contribution < 1.29 is 14.3 Å². The van der Waals surface area contributed by atoms with Gasteiger partial charge in [-0.25, -0.2) is 0 Å². The van der Waals surface area contributed by atoms with Crippen LogP contribution in [0.25, 0.3) is 0 Å². The van der Waals surface area contributed by atoms with E-state index in [0.717, 1.165) is 6.42 Å². The Morgan fingerprint density at radius 3 is 2.93 bits per heavy atom. The largest absolute Gasteiger partial charge is 0.502 e. The van der Waals surface area contributed by atoms with Crippen molar-refractivity contribution in [1.82, 2.24) is 5.32 Å². The Morgan fingerprint density at radius 1 is 1.60 bits per heavy atom. The zero-order valence-corrected chi connectivity index (χ0v) is 9.20. The fourth-order valence-electron chi connectivity index (χ4n) is 0.957. The summed E-state index contributed by atoms with van der Waals surface area (Å²) in [6.07, 6.45) is 2.66. The number of hydrogen-bond acceptors (Lipinski definition) is 4. The number of rotatable bonds is 9. The van der Waals surface area contributed by atoms with Gasteiger partial charge in [-0.2, -0.15) is 0 Å². The highest BCUT2D eigenvalue weighted by molar-refractivity contribution is 5.81. The fraction of sp³-hybridized carbons (Fsp3) is 0.700. The van der Waals surface area contributed by atoms with Crippen LogP contribution in [0.3, 0.4) is 0 Å². The van der Waals surface area contributed by atoms with E-state index in [0.29, 0.717) is 26.2 Å². The monoisotopic (exact) mass is 216 g/mol. The van der Waals surface area contributed by atoms with Crippen LogP contribution in [-0.2, 0) is 14.3 Å². The lowest BCUT2D eigenvalue weighted by atomic mass is 10.2. The average molecular weight is 216 g/mol. The number of hydrogen-bond donors (Lipinski definition) is 2. The highest BCUT2D eigenvalue weighted by Crippen LogP contribution is 1.89. The minimum Gasteiger partial charge on any atom is -0.502 e. The molecule has 0 fully saturated rings. The van der Waals surface area contributed by atoms with Crippen molar-refractivity contribution in [3.8, 4) is 0 Å². The zero-order valence-electron chi connectivity index (χ0n) is 9.20. The van der Waals surface area contributed by atoms with Gasteiger partial charge in [0.25, 0.3) is 0 Å². The maximum Gasteiger partial charge on any atom is 0.237 e. The van der Waals surface area contributed by atoms with Crippen LogP contribution in [0.15, 0.2) is 12.8 Å². The van der Waals surface area contributed by atoms with Crippen molar-refractivity contribution in [1.29, 1.82) is 0 Å². The van der Waals surface area contributed by atoms with E-state index in [-0.39, 0.29) is 5.91 Å². The highest BCUT2D eigenvalue weighted by Gasteiger charge is 2.11. The Bertz CT molecular complexity index is 186.